The molecule has 0 radical (unpaired) electrons. The van der Waals surface area contributed by atoms with Crippen LogP contribution < -0.4 is 10.6 Å². The maximum absolute atomic E-state index is 13.0. The van der Waals surface area contributed by atoms with E-state index in [1.54, 1.807) is 18.2 Å². The number of nitrogens with one attached hydrogen (secondary N) is 2. The number of hydrogen-bond acceptors (Lipinski definition) is 4. The van der Waals surface area contributed by atoms with Gasteiger partial charge in [-0.1, -0.05) is 44.2 Å². The molecule has 6 heteroatoms. The lowest BCUT2D eigenvalue weighted by atomic mass is 10.0. The molecule has 1 aromatic heterocycles. The van der Waals surface area contributed by atoms with E-state index in [4.69, 9.17) is 0 Å². The minimum Gasteiger partial charge on any atom is -0.354 e. The number of nitrogens with zero attached hydrogens (tertiary/aromatic N) is 2. The molecule has 0 aliphatic carbocycles. The van der Waals surface area contributed by atoms with Crippen molar-refractivity contribution in [2.75, 3.05) is 17.2 Å². The second-order valence-corrected chi connectivity index (χ2v) is 7.22. The molecule has 2 N–H and O–H groups in total. The van der Waals surface area contributed by atoms with Crippen LogP contribution in [-0.2, 0) is 6.42 Å². The average Bonchev–Trinajstić information content (AvgIpc) is 2.69. The van der Waals surface area contributed by atoms with Crippen LogP contribution in [0.1, 0.15) is 47.1 Å². The largest absolute Gasteiger partial charge is 0.354 e. The molecule has 3 rings (SSSR count). The Kier molecular flexibility index (Phi) is 6.54. The van der Waals surface area contributed by atoms with Gasteiger partial charge in [-0.2, -0.15) is 0 Å². The Labute approximate surface area is 170 Å². The fraction of sp³-hybridized carbons (Fsp3) is 0.261. The Hall–Kier alpha value is -3.28. The zero-order valence-electron chi connectivity index (χ0n) is 16.9. The predicted molar refractivity (Wildman–Crippen MR) is 114 cm³/mol. The third-order valence-corrected chi connectivity index (χ3v) is 4.53. The lowest BCUT2D eigenvalue weighted by Crippen LogP contribution is -2.17. The standard InChI is InChI=1S/C23H25FN4O/c1-15(2)19-6-4-5-7-20(19)27-22(29)21-14-16(3)26-23(28-21)25-13-12-17-8-10-18(24)11-9-17/h4-11,14-15H,12-13H2,1-3H3,(H,27,29)(H,25,26,28). The van der Waals surface area contributed by atoms with Crippen molar-refractivity contribution < 1.29 is 9.18 Å². The van der Waals surface area contributed by atoms with Crippen molar-refractivity contribution in [1.82, 2.24) is 9.97 Å². The third kappa shape index (κ3) is 5.60. The summed E-state index contributed by atoms with van der Waals surface area (Å²) < 4.78 is 13.0. The first kappa shape index (κ1) is 20.5. The molecule has 1 amide bonds. The zero-order chi connectivity index (χ0) is 20.8. The second kappa shape index (κ2) is 9.28. The van der Waals surface area contributed by atoms with E-state index < -0.39 is 0 Å². The van der Waals surface area contributed by atoms with E-state index in [0.717, 1.165) is 16.8 Å². The first-order chi connectivity index (χ1) is 13.9. The van der Waals surface area contributed by atoms with Crippen LogP contribution in [0.25, 0.3) is 0 Å². The number of carbonyl (C=O) groups excluding carboxylic acids is 1. The van der Waals surface area contributed by atoms with E-state index in [1.807, 2.05) is 31.2 Å². The van der Waals surface area contributed by atoms with E-state index >= 15 is 0 Å². The quantitative estimate of drug-likeness (QED) is 0.597. The van der Waals surface area contributed by atoms with Gasteiger partial charge in [-0.3, -0.25) is 4.79 Å². The maximum atomic E-state index is 13.0. The van der Waals surface area contributed by atoms with Crippen LogP contribution in [0.4, 0.5) is 16.0 Å². The van der Waals surface area contributed by atoms with Gasteiger partial charge < -0.3 is 10.6 Å². The van der Waals surface area contributed by atoms with Crippen LogP contribution in [0.3, 0.4) is 0 Å². The highest BCUT2D eigenvalue weighted by Gasteiger charge is 2.14. The van der Waals surface area contributed by atoms with Crippen LogP contribution in [0.5, 0.6) is 0 Å². The van der Waals surface area contributed by atoms with Crippen LogP contribution in [0.15, 0.2) is 54.6 Å². The fourth-order valence-corrected chi connectivity index (χ4v) is 3.03. The summed E-state index contributed by atoms with van der Waals surface area (Å²) in [7, 11) is 0. The molecule has 0 spiro atoms. The van der Waals surface area contributed by atoms with Crippen LogP contribution in [0.2, 0.25) is 0 Å². The molecule has 0 saturated carbocycles. The number of benzene rings is 2. The molecule has 0 aliphatic heterocycles. The number of aromatic nitrogens is 2. The summed E-state index contributed by atoms with van der Waals surface area (Å²) in [5.41, 5.74) is 3.88. The highest BCUT2D eigenvalue weighted by molar-refractivity contribution is 6.03. The summed E-state index contributed by atoms with van der Waals surface area (Å²) >= 11 is 0. The second-order valence-electron chi connectivity index (χ2n) is 7.22. The number of rotatable bonds is 7. The van der Waals surface area contributed by atoms with Gasteiger partial charge in [0.2, 0.25) is 5.95 Å². The van der Waals surface area contributed by atoms with Crippen LogP contribution in [-0.4, -0.2) is 22.4 Å². The van der Waals surface area contributed by atoms with Crippen molar-refractivity contribution in [3.63, 3.8) is 0 Å². The zero-order valence-corrected chi connectivity index (χ0v) is 16.9. The Balaban J connectivity index is 1.68. The summed E-state index contributed by atoms with van der Waals surface area (Å²) in [5, 5.41) is 6.10. The van der Waals surface area contributed by atoms with Gasteiger partial charge in [0.1, 0.15) is 11.5 Å². The molecular weight excluding hydrogens is 367 g/mol. The normalized spacial score (nSPS) is 10.8. The molecule has 0 atom stereocenters. The van der Waals surface area contributed by atoms with Crippen molar-refractivity contribution in [3.8, 4) is 0 Å². The molecule has 0 unspecified atom stereocenters. The van der Waals surface area contributed by atoms with Crippen molar-refractivity contribution in [1.29, 1.82) is 0 Å². The smallest absolute Gasteiger partial charge is 0.274 e. The minimum absolute atomic E-state index is 0.251. The predicted octanol–water partition coefficient (Wildman–Crippen LogP) is 4.95. The van der Waals surface area contributed by atoms with Crippen molar-refractivity contribution in [3.05, 3.63) is 82.9 Å². The van der Waals surface area contributed by atoms with Gasteiger partial charge in [-0.15, -0.1) is 0 Å². The highest BCUT2D eigenvalue weighted by Crippen LogP contribution is 2.24. The lowest BCUT2D eigenvalue weighted by molar-refractivity contribution is 0.102. The first-order valence-corrected chi connectivity index (χ1v) is 9.66. The minimum atomic E-state index is -0.273. The maximum Gasteiger partial charge on any atom is 0.274 e. The number of amides is 1. The average molecular weight is 392 g/mol. The van der Waals surface area contributed by atoms with Crippen molar-refractivity contribution >= 4 is 17.5 Å². The molecule has 0 aliphatic rings. The molecular formula is C23H25FN4O. The van der Waals surface area contributed by atoms with E-state index in [2.05, 4.69) is 34.4 Å². The molecule has 29 heavy (non-hydrogen) atoms. The topological polar surface area (TPSA) is 66.9 Å². The van der Waals surface area contributed by atoms with Crippen molar-refractivity contribution in [2.45, 2.75) is 33.1 Å². The molecule has 150 valence electrons. The van der Waals surface area contributed by atoms with Crippen LogP contribution >= 0.6 is 0 Å². The van der Waals surface area contributed by atoms with Gasteiger partial charge in [-0.05, 0) is 54.7 Å². The number of aryl methyl sites for hydroxylation is 1. The Morgan fingerprint density at radius 1 is 1.07 bits per heavy atom. The van der Waals surface area contributed by atoms with Gasteiger partial charge >= 0.3 is 0 Å². The summed E-state index contributed by atoms with van der Waals surface area (Å²) in [4.78, 5) is 21.5. The SMILES string of the molecule is Cc1cc(C(=O)Nc2ccccc2C(C)C)nc(NCCc2ccc(F)cc2)n1. The molecule has 5 nitrogen and oxygen atoms in total. The molecule has 3 aromatic rings. The van der Waals surface area contributed by atoms with E-state index in [1.165, 1.54) is 12.1 Å². The summed E-state index contributed by atoms with van der Waals surface area (Å²) in [5.74, 6) is 0.167. The third-order valence-electron chi connectivity index (χ3n) is 4.53. The Morgan fingerprint density at radius 3 is 2.52 bits per heavy atom. The number of anilines is 2. The van der Waals surface area contributed by atoms with Gasteiger partial charge in [0.05, 0.1) is 0 Å². The van der Waals surface area contributed by atoms with E-state index in [-0.39, 0.29) is 11.7 Å². The fourth-order valence-electron chi connectivity index (χ4n) is 3.03. The van der Waals surface area contributed by atoms with E-state index in [0.29, 0.717) is 36.2 Å². The molecule has 2 aromatic carbocycles. The van der Waals surface area contributed by atoms with Gasteiger partial charge in [-0.25, -0.2) is 14.4 Å². The lowest BCUT2D eigenvalue weighted by Gasteiger charge is -2.14. The summed E-state index contributed by atoms with van der Waals surface area (Å²) in [6.45, 7) is 6.57. The number of carbonyl (C=O) groups is 1. The summed E-state index contributed by atoms with van der Waals surface area (Å²) in [6.07, 6.45) is 0.695. The Bertz CT molecular complexity index is 986. The van der Waals surface area contributed by atoms with Gasteiger partial charge in [0.25, 0.3) is 5.91 Å². The molecule has 0 saturated heterocycles. The Morgan fingerprint density at radius 2 is 1.79 bits per heavy atom. The number of hydrogen-bond donors (Lipinski definition) is 2. The molecule has 0 bridgehead atoms. The number of halogens is 1. The molecule has 1 heterocycles. The highest BCUT2D eigenvalue weighted by atomic mass is 19.1. The van der Waals surface area contributed by atoms with Crippen molar-refractivity contribution in [2.24, 2.45) is 0 Å². The van der Waals surface area contributed by atoms with E-state index in [9.17, 15) is 9.18 Å². The molecule has 0 fully saturated rings. The number of para-hydroxylation sites is 1. The van der Waals surface area contributed by atoms with Gasteiger partial charge in [0, 0.05) is 17.9 Å². The summed E-state index contributed by atoms with van der Waals surface area (Å²) in [6, 6.07) is 15.8. The monoisotopic (exact) mass is 392 g/mol. The van der Waals surface area contributed by atoms with Gasteiger partial charge in [0.15, 0.2) is 0 Å². The first-order valence-electron chi connectivity index (χ1n) is 9.66. The van der Waals surface area contributed by atoms with Crippen LogP contribution in [0, 0.1) is 12.7 Å².